The molecule has 0 heterocycles. The maximum absolute atomic E-state index is 11.8. The number of aliphatic carboxylic acids is 1. The summed E-state index contributed by atoms with van der Waals surface area (Å²) in [5.74, 6) is -1.81. The number of esters is 1. The molecule has 0 aliphatic carbocycles. The Bertz CT molecular complexity index is 361. The van der Waals surface area contributed by atoms with Gasteiger partial charge in [0.05, 0.1) is 0 Å². The Balaban J connectivity index is 5.38. The topological polar surface area (TPSA) is 82.1 Å². The first-order chi connectivity index (χ1) is 7.70. The standard InChI is InChI=1S/C8H19O6PS2/c1-4-14-8(11)6(5-7(9)10)17(15,16,12-2)13-3/h6H,4-5H2,1-3H3,15H4,(H,9,10). The van der Waals surface area contributed by atoms with Crippen LogP contribution < -0.4 is 0 Å². The van der Waals surface area contributed by atoms with Crippen molar-refractivity contribution in [3.8, 4) is 0 Å². The molecule has 0 saturated carbocycles. The fourth-order valence-electron chi connectivity index (χ4n) is 1.18. The second kappa shape index (κ2) is 6.15. The quantitative estimate of drug-likeness (QED) is 0.520. The van der Waals surface area contributed by atoms with Gasteiger partial charge < -0.3 is 0 Å². The van der Waals surface area contributed by atoms with Gasteiger partial charge in [0.2, 0.25) is 0 Å². The zero-order valence-corrected chi connectivity index (χ0v) is 13.9. The molecule has 0 aromatic heterocycles. The first-order valence-electron chi connectivity index (χ1n) is 4.84. The molecule has 0 spiro atoms. The molecule has 0 amide bonds. The monoisotopic (exact) mass is 306 g/mol. The number of carboxylic acid groups (broad SMARTS) is 1. The van der Waals surface area contributed by atoms with Gasteiger partial charge in [-0.3, -0.25) is 0 Å². The second-order valence-electron chi connectivity index (χ2n) is 3.40. The van der Waals surface area contributed by atoms with E-state index < -0.39 is 31.5 Å². The molecule has 1 N–H and O–H groups in total. The molecule has 0 aliphatic rings. The number of hydrogen-bond donors (Lipinski definition) is 1. The predicted molar refractivity (Wildman–Crippen MR) is 73.9 cm³/mol. The van der Waals surface area contributed by atoms with Crippen LogP contribution in [0.1, 0.15) is 13.3 Å². The third kappa shape index (κ3) is 4.22. The minimum absolute atomic E-state index is 0.155. The van der Waals surface area contributed by atoms with Crippen molar-refractivity contribution in [1.29, 1.82) is 0 Å². The summed E-state index contributed by atoms with van der Waals surface area (Å²) in [6.07, 6.45) is -0.449. The molecule has 0 bridgehead atoms. The van der Waals surface area contributed by atoms with Crippen LogP contribution in [0.3, 0.4) is 0 Å². The molecular weight excluding hydrogens is 287 g/mol. The molecule has 0 aliphatic heterocycles. The molecule has 0 saturated heterocycles. The molecule has 0 radical (unpaired) electrons. The van der Waals surface area contributed by atoms with Gasteiger partial charge in [-0.1, -0.05) is 0 Å². The second-order valence-corrected chi connectivity index (χ2v) is 15.9. The molecule has 104 valence electrons. The van der Waals surface area contributed by atoms with Crippen molar-refractivity contribution in [3.63, 3.8) is 0 Å². The van der Waals surface area contributed by atoms with E-state index in [1.54, 1.807) is 6.92 Å². The van der Waals surface area contributed by atoms with Gasteiger partial charge in [0, 0.05) is 0 Å². The summed E-state index contributed by atoms with van der Waals surface area (Å²) in [5, 5.41) is 7.77. The van der Waals surface area contributed by atoms with Crippen LogP contribution in [0.25, 0.3) is 0 Å². The van der Waals surface area contributed by atoms with E-state index in [2.05, 4.69) is 0 Å². The Morgan fingerprint density at radius 3 is 2.18 bits per heavy atom. The Labute approximate surface area is 107 Å². The van der Waals surface area contributed by atoms with E-state index in [-0.39, 0.29) is 15.0 Å². The summed E-state index contributed by atoms with van der Waals surface area (Å²) < 4.78 is 15.2. The Morgan fingerprint density at radius 2 is 1.88 bits per heavy atom. The average Bonchev–Trinajstić information content (AvgIpc) is 2.26. The number of carbonyl (C=O) groups is 2. The fourth-order valence-corrected chi connectivity index (χ4v) is 4.30. The van der Waals surface area contributed by atoms with Crippen LogP contribution in [0.4, 0.5) is 0 Å². The normalized spacial score (nSPS) is 15.7. The van der Waals surface area contributed by atoms with Crippen LogP contribution in [0, 0.1) is 0 Å². The van der Waals surface area contributed by atoms with Crippen molar-refractivity contribution in [2.45, 2.75) is 18.6 Å². The zero-order valence-electron chi connectivity index (χ0n) is 10.3. The number of rotatable bonds is 7. The van der Waals surface area contributed by atoms with Gasteiger partial charge in [-0.25, -0.2) is 0 Å². The van der Waals surface area contributed by atoms with E-state index in [1.165, 1.54) is 14.2 Å². The van der Waals surface area contributed by atoms with E-state index >= 15 is 0 Å². The molecular formula is C8H19O6PS2. The molecule has 1 unspecified atom stereocenters. The molecule has 0 aromatic carbocycles. The first-order valence-corrected chi connectivity index (χ1v) is 10.6. The minimum atomic E-state index is -3.33. The van der Waals surface area contributed by atoms with Gasteiger partial charge in [-0.15, -0.1) is 0 Å². The molecule has 0 rings (SSSR count). The van der Waals surface area contributed by atoms with Gasteiger partial charge in [0.15, 0.2) is 0 Å². The van der Waals surface area contributed by atoms with Gasteiger partial charge in [0.1, 0.15) is 0 Å². The van der Waals surface area contributed by atoms with Crippen LogP contribution in [0.15, 0.2) is 0 Å². The zero-order chi connectivity index (χ0) is 13.7. The number of carbonyl (C=O) groups excluding carboxylic acids is 1. The average molecular weight is 306 g/mol. The first kappa shape index (κ1) is 16.9. The molecule has 0 aromatic rings. The van der Waals surface area contributed by atoms with Crippen LogP contribution in [-0.4, -0.2) is 43.1 Å². The van der Waals surface area contributed by atoms with Crippen LogP contribution in [0.5, 0.6) is 0 Å². The van der Waals surface area contributed by atoms with Crippen molar-refractivity contribution in [2.75, 3.05) is 20.8 Å². The summed E-state index contributed by atoms with van der Waals surface area (Å²) in [4.78, 5) is 22.6. The summed E-state index contributed by atoms with van der Waals surface area (Å²) in [6.45, 7) is 1.79. The third-order valence-electron chi connectivity index (χ3n) is 2.34. The summed E-state index contributed by atoms with van der Waals surface area (Å²) in [6, 6.07) is 0. The molecule has 17 heavy (non-hydrogen) atoms. The number of ether oxygens (including phenoxy) is 1. The number of hydrogen-bond acceptors (Lipinski definition) is 6. The van der Waals surface area contributed by atoms with Crippen LogP contribution in [0.2, 0.25) is 0 Å². The van der Waals surface area contributed by atoms with E-state index in [1.807, 2.05) is 0 Å². The van der Waals surface area contributed by atoms with Crippen LogP contribution >= 0.6 is 8.44 Å². The Hall–Kier alpha value is -0.140. The van der Waals surface area contributed by atoms with E-state index in [9.17, 15) is 9.59 Å². The van der Waals surface area contributed by atoms with Crippen molar-refractivity contribution < 1.29 is 27.8 Å². The van der Waals surface area contributed by atoms with Crippen molar-refractivity contribution >= 4 is 39.5 Å². The van der Waals surface area contributed by atoms with E-state index in [0.717, 1.165) is 0 Å². The fraction of sp³-hybridized carbons (Fsp3) is 0.750. The van der Waals surface area contributed by atoms with Crippen molar-refractivity contribution in [1.82, 2.24) is 0 Å². The van der Waals surface area contributed by atoms with Gasteiger partial charge in [-0.2, -0.15) is 0 Å². The van der Waals surface area contributed by atoms with E-state index in [4.69, 9.17) is 29.4 Å². The molecule has 6 nitrogen and oxygen atoms in total. The predicted octanol–water partition coefficient (Wildman–Crippen LogP) is -0.0781. The summed E-state index contributed by atoms with van der Waals surface area (Å²) >= 11 is 5.30. The Kier molecular flexibility index (Phi) is 6.10. The van der Waals surface area contributed by atoms with Crippen molar-refractivity contribution in [3.05, 3.63) is 0 Å². The molecule has 0 fully saturated rings. The van der Waals surface area contributed by atoms with E-state index in [0.29, 0.717) is 0 Å². The maximum atomic E-state index is 11.8. The SMILES string of the molecule is CCOC(=O)C(CC(=O)O)S([PH4])(=S)(OC)OC. The van der Waals surface area contributed by atoms with Gasteiger partial charge >= 0.3 is 107 Å². The third-order valence-corrected chi connectivity index (χ3v) is 10.8. The summed E-state index contributed by atoms with van der Waals surface area (Å²) in [5.41, 5.74) is 0. The summed E-state index contributed by atoms with van der Waals surface area (Å²) in [7, 11) is -0.429. The van der Waals surface area contributed by atoms with Gasteiger partial charge in [-0.05, 0) is 0 Å². The molecule has 9 heteroatoms. The van der Waals surface area contributed by atoms with Crippen molar-refractivity contribution in [2.24, 2.45) is 0 Å². The molecule has 1 atom stereocenters. The van der Waals surface area contributed by atoms with Gasteiger partial charge in [0.25, 0.3) is 0 Å². The number of carboxylic acids is 1. The Morgan fingerprint density at radius 1 is 1.41 bits per heavy atom. The van der Waals surface area contributed by atoms with Crippen LogP contribution in [-0.2, 0) is 41.8 Å².